The fourth-order valence-corrected chi connectivity index (χ4v) is 2.08. The Morgan fingerprint density at radius 3 is 2.50 bits per heavy atom. The first-order valence-corrected chi connectivity index (χ1v) is 6.89. The van der Waals surface area contributed by atoms with E-state index >= 15 is 0 Å². The lowest BCUT2D eigenvalue weighted by molar-refractivity contribution is -0.383. The lowest BCUT2D eigenvalue weighted by Crippen LogP contribution is -2.26. The predicted octanol–water partition coefficient (Wildman–Crippen LogP) is 2.29. The van der Waals surface area contributed by atoms with Crippen LogP contribution in [-0.2, 0) is 0 Å². The Labute approximate surface area is 138 Å². The molecule has 0 radical (unpaired) electrons. The summed E-state index contributed by atoms with van der Waals surface area (Å²) >= 11 is 0. The number of hydrogen-bond donors (Lipinski definition) is 1. The van der Waals surface area contributed by atoms with Crippen molar-refractivity contribution in [2.45, 2.75) is 6.92 Å². The Morgan fingerprint density at radius 1 is 1.25 bits per heavy atom. The summed E-state index contributed by atoms with van der Waals surface area (Å²) in [5, 5.41) is 32.2. The summed E-state index contributed by atoms with van der Waals surface area (Å²) in [7, 11) is 0. The first-order chi connectivity index (χ1) is 11.6. The number of nitrogens with zero attached hydrogens (tertiary/aromatic N) is 6. The summed E-state index contributed by atoms with van der Waals surface area (Å²) in [4.78, 5) is 20.0. The highest BCUT2D eigenvalue weighted by molar-refractivity contribution is 5.75. The van der Waals surface area contributed by atoms with E-state index in [4.69, 9.17) is 10.5 Å². The van der Waals surface area contributed by atoms with E-state index in [9.17, 15) is 10.1 Å². The van der Waals surface area contributed by atoms with Crippen LogP contribution in [0.2, 0.25) is 0 Å². The minimum absolute atomic E-state index is 0.000166. The van der Waals surface area contributed by atoms with Crippen molar-refractivity contribution in [2.75, 3.05) is 23.3 Å². The number of nitro groups is 1. The molecule has 1 heterocycles. The van der Waals surface area contributed by atoms with Crippen LogP contribution in [0.3, 0.4) is 0 Å². The third-order valence-electron chi connectivity index (χ3n) is 3.21. The molecule has 0 aliphatic rings. The van der Waals surface area contributed by atoms with Gasteiger partial charge in [-0.2, -0.15) is 10.5 Å². The molecule has 1 aromatic heterocycles. The molecule has 0 unspecified atom stereocenters. The second kappa shape index (κ2) is 7.51. The molecule has 9 nitrogen and oxygen atoms in total. The summed E-state index contributed by atoms with van der Waals surface area (Å²) in [6.45, 7) is 1.46. The number of hydrogen-bond acceptors (Lipinski definition) is 8. The van der Waals surface area contributed by atoms with Gasteiger partial charge in [0.15, 0.2) is 0 Å². The summed E-state index contributed by atoms with van der Waals surface area (Å²) in [6, 6.07) is 11.0. The van der Waals surface area contributed by atoms with E-state index in [2.05, 4.69) is 15.3 Å². The van der Waals surface area contributed by atoms with Crippen molar-refractivity contribution in [3.05, 3.63) is 46.3 Å². The molecule has 24 heavy (non-hydrogen) atoms. The number of nitriles is 2. The fourth-order valence-electron chi connectivity index (χ4n) is 2.08. The molecule has 0 atom stereocenters. The fraction of sp³-hybridized carbons (Fsp3) is 0.200. The number of nitrogens with one attached hydrogen (secondary N) is 1. The van der Waals surface area contributed by atoms with E-state index in [0.29, 0.717) is 5.69 Å². The van der Waals surface area contributed by atoms with Crippen molar-refractivity contribution in [1.82, 2.24) is 9.97 Å². The Morgan fingerprint density at radius 2 is 1.92 bits per heavy atom. The third-order valence-corrected chi connectivity index (χ3v) is 3.21. The predicted molar refractivity (Wildman–Crippen MR) is 86.6 cm³/mol. The van der Waals surface area contributed by atoms with Gasteiger partial charge in [-0.3, -0.25) is 10.1 Å². The third kappa shape index (κ3) is 3.54. The molecule has 0 bridgehead atoms. The van der Waals surface area contributed by atoms with Crippen LogP contribution in [-0.4, -0.2) is 28.0 Å². The van der Waals surface area contributed by atoms with Crippen molar-refractivity contribution < 1.29 is 4.92 Å². The van der Waals surface area contributed by atoms with E-state index in [-0.39, 0.29) is 30.4 Å². The van der Waals surface area contributed by atoms with Crippen molar-refractivity contribution in [2.24, 2.45) is 0 Å². The van der Waals surface area contributed by atoms with Crippen LogP contribution in [0.5, 0.6) is 0 Å². The normalized spacial score (nSPS) is 9.62. The first-order valence-electron chi connectivity index (χ1n) is 6.89. The van der Waals surface area contributed by atoms with E-state index in [1.54, 1.807) is 12.1 Å². The van der Waals surface area contributed by atoms with Gasteiger partial charge in [0, 0.05) is 5.69 Å². The number of para-hydroxylation sites is 1. The van der Waals surface area contributed by atoms with Crippen LogP contribution in [0.1, 0.15) is 5.56 Å². The molecule has 9 heteroatoms. The lowest BCUT2D eigenvalue weighted by Gasteiger charge is -2.17. The Balaban J connectivity index is 2.52. The van der Waals surface area contributed by atoms with Crippen LogP contribution >= 0.6 is 0 Å². The average molecular weight is 323 g/mol. The monoisotopic (exact) mass is 323 g/mol. The van der Waals surface area contributed by atoms with Gasteiger partial charge >= 0.3 is 5.69 Å². The summed E-state index contributed by atoms with van der Waals surface area (Å²) in [6.07, 6.45) is 1.16. The average Bonchev–Trinajstić information content (AvgIpc) is 2.56. The molecule has 0 amide bonds. The van der Waals surface area contributed by atoms with Crippen LogP contribution in [0.25, 0.3) is 0 Å². The number of rotatable bonds is 6. The minimum Gasteiger partial charge on any atom is -0.334 e. The van der Waals surface area contributed by atoms with Crippen LogP contribution in [0.4, 0.5) is 23.0 Å². The van der Waals surface area contributed by atoms with Crippen molar-refractivity contribution >= 4 is 23.0 Å². The maximum Gasteiger partial charge on any atom is 0.353 e. The highest BCUT2D eigenvalue weighted by Crippen LogP contribution is 2.33. The second-order valence-corrected chi connectivity index (χ2v) is 4.76. The van der Waals surface area contributed by atoms with Gasteiger partial charge in [-0.05, 0) is 18.6 Å². The standard InChI is InChI=1S/C15H13N7O2/c1-11-4-2-3-5-12(11)20-14-13(22(23)24)15(19-10-18-14)21(8-6-16)9-7-17/h2-5,10H,8-9H2,1H3,(H,18,19,20). The van der Waals surface area contributed by atoms with E-state index in [0.717, 1.165) is 11.9 Å². The molecule has 2 rings (SSSR count). The molecule has 0 saturated carbocycles. The van der Waals surface area contributed by atoms with Crippen LogP contribution in [0, 0.1) is 39.7 Å². The Bertz CT molecular complexity index is 822. The number of aromatic nitrogens is 2. The SMILES string of the molecule is Cc1ccccc1Nc1ncnc(N(CC#N)CC#N)c1[N+](=O)[O-]. The zero-order valence-electron chi connectivity index (χ0n) is 12.8. The molecule has 0 aliphatic carbocycles. The lowest BCUT2D eigenvalue weighted by atomic mass is 10.2. The van der Waals surface area contributed by atoms with Gasteiger partial charge in [-0.25, -0.2) is 9.97 Å². The van der Waals surface area contributed by atoms with Gasteiger partial charge in [-0.15, -0.1) is 0 Å². The van der Waals surface area contributed by atoms with Gasteiger partial charge in [0.05, 0.1) is 17.1 Å². The Hall–Kier alpha value is -3.72. The zero-order chi connectivity index (χ0) is 17.5. The molecular weight excluding hydrogens is 310 g/mol. The highest BCUT2D eigenvalue weighted by Gasteiger charge is 2.27. The maximum absolute atomic E-state index is 11.5. The van der Waals surface area contributed by atoms with Crippen LogP contribution < -0.4 is 10.2 Å². The summed E-state index contributed by atoms with van der Waals surface area (Å²) in [5.74, 6) is -0.0747. The molecule has 1 aromatic carbocycles. The summed E-state index contributed by atoms with van der Waals surface area (Å²) < 4.78 is 0. The topological polar surface area (TPSA) is 132 Å². The van der Waals surface area contributed by atoms with Crippen molar-refractivity contribution in [1.29, 1.82) is 10.5 Å². The molecule has 120 valence electrons. The number of aryl methyl sites for hydroxylation is 1. The van der Waals surface area contributed by atoms with Gasteiger partial charge in [0.1, 0.15) is 19.4 Å². The minimum atomic E-state index is -0.627. The molecule has 2 aromatic rings. The molecule has 0 spiro atoms. The second-order valence-electron chi connectivity index (χ2n) is 4.76. The maximum atomic E-state index is 11.5. The molecule has 0 fully saturated rings. The largest absolute Gasteiger partial charge is 0.353 e. The molecule has 0 aliphatic heterocycles. The van der Waals surface area contributed by atoms with E-state index in [1.165, 1.54) is 4.90 Å². The number of anilines is 3. The van der Waals surface area contributed by atoms with Gasteiger partial charge in [-0.1, -0.05) is 18.2 Å². The van der Waals surface area contributed by atoms with Gasteiger partial charge in [0.25, 0.3) is 0 Å². The van der Waals surface area contributed by atoms with E-state index < -0.39 is 4.92 Å². The molecule has 0 saturated heterocycles. The smallest absolute Gasteiger partial charge is 0.334 e. The van der Waals surface area contributed by atoms with Crippen LogP contribution in [0.15, 0.2) is 30.6 Å². The van der Waals surface area contributed by atoms with E-state index in [1.807, 2.05) is 31.2 Å². The number of benzene rings is 1. The molecule has 1 N–H and O–H groups in total. The first kappa shape index (κ1) is 16.6. The Kier molecular flexibility index (Phi) is 5.21. The van der Waals surface area contributed by atoms with Crippen molar-refractivity contribution in [3.63, 3.8) is 0 Å². The molecular formula is C15H13N7O2. The highest BCUT2D eigenvalue weighted by atomic mass is 16.6. The van der Waals surface area contributed by atoms with Gasteiger partial charge < -0.3 is 10.2 Å². The summed E-state index contributed by atoms with van der Waals surface area (Å²) in [5.41, 5.74) is 1.17. The van der Waals surface area contributed by atoms with Gasteiger partial charge in [0.2, 0.25) is 11.6 Å². The quantitative estimate of drug-likeness (QED) is 0.486. The zero-order valence-corrected chi connectivity index (χ0v) is 12.8. The van der Waals surface area contributed by atoms with Crippen molar-refractivity contribution in [3.8, 4) is 12.1 Å².